The van der Waals surface area contributed by atoms with Gasteiger partial charge in [-0.3, -0.25) is 20.2 Å². The van der Waals surface area contributed by atoms with E-state index in [0.717, 1.165) is 0 Å². The van der Waals surface area contributed by atoms with Gasteiger partial charge in [-0.15, -0.1) is 0 Å². The molecule has 2 aliphatic rings. The lowest BCUT2D eigenvalue weighted by Crippen LogP contribution is -2.57. The Labute approximate surface area is 115 Å². The minimum absolute atomic E-state index is 0.280. The zero-order valence-electron chi connectivity index (χ0n) is 11.1. The minimum atomic E-state index is -0.483. The Hall–Kier alpha value is -2.16. The monoisotopic (exact) mass is 283 g/mol. The Kier molecular flexibility index (Phi) is 4.18. The molecule has 0 aromatic heterocycles. The van der Waals surface area contributed by atoms with E-state index in [-0.39, 0.29) is 36.7 Å². The topological polar surface area (TPSA) is 120 Å². The van der Waals surface area contributed by atoms with E-state index in [2.05, 4.69) is 21.3 Å². The van der Waals surface area contributed by atoms with Crippen LogP contribution in [-0.2, 0) is 9.59 Å². The van der Waals surface area contributed by atoms with E-state index in [1.54, 1.807) is 7.05 Å². The van der Waals surface area contributed by atoms with Crippen LogP contribution in [0.25, 0.3) is 0 Å². The molecule has 110 valence electrons. The van der Waals surface area contributed by atoms with E-state index in [9.17, 15) is 19.2 Å². The second-order valence-corrected chi connectivity index (χ2v) is 5.01. The SMILES string of the molecule is CN(CC1CNC(=O)NC1=O)CC1CNC(=O)NC1=O. The van der Waals surface area contributed by atoms with Gasteiger partial charge in [0.25, 0.3) is 0 Å². The van der Waals surface area contributed by atoms with Crippen LogP contribution in [0.3, 0.4) is 0 Å². The van der Waals surface area contributed by atoms with Gasteiger partial charge in [0.1, 0.15) is 0 Å². The number of carbonyl (C=O) groups is 4. The number of hydrogen-bond donors (Lipinski definition) is 4. The van der Waals surface area contributed by atoms with E-state index in [4.69, 9.17) is 0 Å². The zero-order chi connectivity index (χ0) is 14.7. The van der Waals surface area contributed by atoms with Crippen molar-refractivity contribution in [1.82, 2.24) is 26.2 Å². The fourth-order valence-corrected chi connectivity index (χ4v) is 2.26. The molecule has 20 heavy (non-hydrogen) atoms. The molecule has 2 fully saturated rings. The molecule has 0 bridgehead atoms. The molecule has 9 heteroatoms. The smallest absolute Gasteiger partial charge is 0.321 e. The summed E-state index contributed by atoms with van der Waals surface area (Å²) in [6.07, 6.45) is 0. The highest BCUT2D eigenvalue weighted by Gasteiger charge is 2.30. The number of hydrogen-bond acceptors (Lipinski definition) is 5. The number of carbonyl (C=O) groups excluding carboxylic acids is 4. The Balaban J connectivity index is 1.82. The second kappa shape index (κ2) is 5.87. The lowest BCUT2D eigenvalue weighted by molar-refractivity contribution is -0.125. The maximum atomic E-state index is 11.6. The summed E-state index contributed by atoms with van der Waals surface area (Å²) in [5.74, 6) is -1.33. The first-order valence-corrected chi connectivity index (χ1v) is 6.31. The Morgan fingerprint density at radius 3 is 1.65 bits per heavy atom. The molecule has 2 saturated heterocycles. The minimum Gasteiger partial charge on any atom is -0.337 e. The molecule has 9 nitrogen and oxygen atoms in total. The fraction of sp³-hybridized carbons (Fsp3) is 0.636. The summed E-state index contributed by atoms with van der Waals surface area (Å²) in [5, 5.41) is 9.51. The Morgan fingerprint density at radius 1 is 0.900 bits per heavy atom. The van der Waals surface area contributed by atoms with Crippen LogP contribution in [0.15, 0.2) is 0 Å². The predicted molar refractivity (Wildman–Crippen MR) is 67.6 cm³/mol. The van der Waals surface area contributed by atoms with Crippen molar-refractivity contribution in [2.24, 2.45) is 11.8 Å². The van der Waals surface area contributed by atoms with Crippen LogP contribution in [0.4, 0.5) is 9.59 Å². The molecule has 0 radical (unpaired) electrons. The van der Waals surface area contributed by atoms with Gasteiger partial charge in [-0.25, -0.2) is 9.59 Å². The van der Waals surface area contributed by atoms with Gasteiger partial charge in [-0.1, -0.05) is 0 Å². The Bertz CT molecular complexity index is 412. The fourth-order valence-electron chi connectivity index (χ4n) is 2.26. The molecule has 4 N–H and O–H groups in total. The van der Waals surface area contributed by atoms with Gasteiger partial charge < -0.3 is 15.5 Å². The first-order valence-electron chi connectivity index (χ1n) is 6.31. The predicted octanol–water partition coefficient (Wildman–Crippen LogP) is -2.17. The highest BCUT2D eigenvalue weighted by atomic mass is 16.2. The average Bonchev–Trinajstić information content (AvgIpc) is 2.36. The molecular weight excluding hydrogens is 266 g/mol. The van der Waals surface area contributed by atoms with Crippen molar-refractivity contribution in [2.45, 2.75) is 0 Å². The van der Waals surface area contributed by atoms with Gasteiger partial charge in [0, 0.05) is 26.2 Å². The molecular formula is C11H17N5O4. The molecule has 0 aliphatic carbocycles. The van der Waals surface area contributed by atoms with Crippen LogP contribution in [0, 0.1) is 11.8 Å². The molecule has 2 unspecified atom stereocenters. The average molecular weight is 283 g/mol. The maximum Gasteiger partial charge on any atom is 0.321 e. The number of imide groups is 2. The third-order valence-corrected chi connectivity index (χ3v) is 3.30. The second-order valence-electron chi connectivity index (χ2n) is 5.01. The lowest BCUT2D eigenvalue weighted by Gasteiger charge is -2.30. The first-order chi connectivity index (χ1) is 9.45. The van der Waals surface area contributed by atoms with Crippen molar-refractivity contribution in [3.05, 3.63) is 0 Å². The molecule has 0 aromatic carbocycles. The van der Waals surface area contributed by atoms with Gasteiger partial charge in [0.15, 0.2) is 0 Å². The van der Waals surface area contributed by atoms with Crippen molar-refractivity contribution in [1.29, 1.82) is 0 Å². The standard InChI is InChI=1S/C11H17N5O4/c1-16(4-6-2-12-10(19)14-8(6)17)5-7-3-13-11(20)15-9(7)18/h6-7H,2-5H2,1H3,(H2,12,14,17,19)(H2,13,15,18,20). The summed E-state index contributed by atoms with van der Waals surface area (Å²) < 4.78 is 0. The first kappa shape index (κ1) is 14.3. The van der Waals surface area contributed by atoms with Crippen LogP contribution in [0.2, 0.25) is 0 Å². The quantitative estimate of drug-likeness (QED) is 0.468. The van der Waals surface area contributed by atoms with Crippen LogP contribution >= 0.6 is 0 Å². The van der Waals surface area contributed by atoms with Crippen molar-refractivity contribution >= 4 is 23.9 Å². The normalized spacial score (nSPS) is 26.7. The molecule has 0 spiro atoms. The number of amides is 6. The highest BCUT2D eigenvalue weighted by molar-refractivity contribution is 5.98. The molecule has 2 atom stereocenters. The molecule has 0 saturated carbocycles. The summed E-state index contributed by atoms with van der Waals surface area (Å²) >= 11 is 0. The van der Waals surface area contributed by atoms with Crippen molar-refractivity contribution in [3.63, 3.8) is 0 Å². The molecule has 2 aliphatic heterocycles. The van der Waals surface area contributed by atoms with Crippen LogP contribution < -0.4 is 21.3 Å². The third kappa shape index (κ3) is 3.44. The summed E-state index contributed by atoms with van der Waals surface area (Å²) in [6.45, 7) is 1.40. The van der Waals surface area contributed by atoms with E-state index in [1.165, 1.54) is 0 Å². The van der Waals surface area contributed by atoms with E-state index >= 15 is 0 Å². The number of rotatable bonds is 4. The van der Waals surface area contributed by atoms with Crippen molar-refractivity contribution < 1.29 is 19.2 Å². The number of nitrogens with zero attached hydrogens (tertiary/aromatic N) is 1. The van der Waals surface area contributed by atoms with Gasteiger partial charge >= 0.3 is 12.1 Å². The lowest BCUT2D eigenvalue weighted by atomic mass is 10.0. The van der Waals surface area contributed by atoms with Crippen LogP contribution in [-0.4, -0.2) is 62.0 Å². The third-order valence-electron chi connectivity index (χ3n) is 3.30. The maximum absolute atomic E-state index is 11.6. The number of nitrogens with one attached hydrogen (secondary N) is 4. The van der Waals surface area contributed by atoms with Crippen molar-refractivity contribution in [2.75, 3.05) is 33.2 Å². The van der Waals surface area contributed by atoms with E-state index in [0.29, 0.717) is 13.1 Å². The number of urea groups is 2. The molecule has 6 amide bonds. The van der Waals surface area contributed by atoms with Gasteiger partial charge in [0.2, 0.25) is 11.8 Å². The van der Waals surface area contributed by atoms with E-state index < -0.39 is 12.1 Å². The molecule has 2 rings (SSSR count). The van der Waals surface area contributed by atoms with Crippen molar-refractivity contribution in [3.8, 4) is 0 Å². The Morgan fingerprint density at radius 2 is 1.30 bits per heavy atom. The largest absolute Gasteiger partial charge is 0.337 e. The molecule has 0 aromatic rings. The summed E-state index contributed by atoms with van der Waals surface area (Å²) in [5.41, 5.74) is 0. The van der Waals surface area contributed by atoms with Gasteiger partial charge in [0.05, 0.1) is 11.8 Å². The van der Waals surface area contributed by atoms with Gasteiger partial charge in [-0.2, -0.15) is 0 Å². The summed E-state index contributed by atoms with van der Waals surface area (Å²) in [7, 11) is 1.79. The zero-order valence-corrected chi connectivity index (χ0v) is 11.1. The summed E-state index contributed by atoms with van der Waals surface area (Å²) in [6, 6.07) is -0.966. The van der Waals surface area contributed by atoms with Gasteiger partial charge in [-0.05, 0) is 7.05 Å². The molecule has 2 heterocycles. The van der Waals surface area contributed by atoms with Crippen LogP contribution in [0.1, 0.15) is 0 Å². The summed E-state index contributed by atoms with van der Waals surface area (Å²) in [4.78, 5) is 46.9. The highest BCUT2D eigenvalue weighted by Crippen LogP contribution is 2.07. The van der Waals surface area contributed by atoms with E-state index in [1.807, 2.05) is 4.90 Å². The van der Waals surface area contributed by atoms with Crippen LogP contribution in [0.5, 0.6) is 0 Å².